The Hall–Kier alpha value is 0.307. The summed E-state index contributed by atoms with van der Waals surface area (Å²) >= 11 is 6.80. The Labute approximate surface area is 117 Å². The molecule has 0 aliphatic rings. The molecule has 0 saturated heterocycles. The van der Waals surface area contributed by atoms with Crippen LogP contribution in [0.4, 0.5) is 22.0 Å². The first-order valence-electron chi connectivity index (χ1n) is 4.69. The molecular weight excluding hydrogens is 346 g/mol. The minimum Gasteiger partial charge on any atom is -0.202 e. The molecule has 0 amide bonds. The van der Waals surface area contributed by atoms with Crippen LogP contribution in [0, 0.1) is 29.1 Å². The molecule has 0 N–H and O–H groups in total. The SMILES string of the molecule is Fc1c(F)c(F)c(S[P+](=S)SCC[SiH3])c(F)c1F. The fourth-order valence-electron chi connectivity index (χ4n) is 0.932. The average Bonchev–Trinajstić information content (AvgIpc) is 2.36. The largest absolute Gasteiger partial charge is 0.322 e. The minimum atomic E-state index is -2.14. The van der Waals surface area contributed by atoms with E-state index in [2.05, 4.69) is 0 Å². The van der Waals surface area contributed by atoms with Crippen molar-refractivity contribution < 1.29 is 22.0 Å². The molecule has 0 heterocycles. The smallest absolute Gasteiger partial charge is 0.202 e. The van der Waals surface area contributed by atoms with Crippen molar-refractivity contribution in [3.63, 3.8) is 0 Å². The van der Waals surface area contributed by atoms with Crippen LogP contribution in [0.15, 0.2) is 4.90 Å². The van der Waals surface area contributed by atoms with E-state index in [1.165, 1.54) is 11.4 Å². The van der Waals surface area contributed by atoms with Gasteiger partial charge in [-0.05, 0) is 0 Å². The lowest BCUT2D eigenvalue weighted by Crippen LogP contribution is -2.02. The molecule has 10 heteroatoms. The molecule has 0 fully saturated rings. The summed E-state index contributed by atoms with van der Waals surface area (Å²) in [4.78, 5) is -0.881. The topological polar surface area (TPSA) is 0 Å². The van der Waals surface area contributed by atoms with Crippen molar-refractivity contribution in [2.24, 2.45) is 0 Å². The summed E-state index contributed by atoms with van der Waals surface area (Å²) in [5.41, 5.74) is 0. The Kier molecular flexibility index (Phi) is 6.53. The molecule has 0 aliphatic carbocycles. The number of hydrogen-bond acceptors (Lipinski definition) is 3. The van der Waals surface area contributed by atoms with Crippen LogP contribution < -0.4 is 0 Å². The van der Waals surface area contributed by atoms with E-state index < -0.39 is 39.1 Å². The Morgan fingerprint density at radius 3 is 1.83 bits per heavy atom. The molecule has 1 unspecified atom stereocenters. The van der Waals surface area contributed by atoms with Crippen LogP contribution in [0.2, 0.25) is 6.04 Å². The van der Waals surface area contributed by atoms with Crippen molar-refractivity contribution in [3.05, 3.63) is 29.1 Å². The monoisotopic (exact) mass is 353 g/mol. The third-order valence-corrected chi connectivity index (χ3v) is 9.87. The molecule has 0 bridgehead atoms. The molecule has 1 aromatic rings. The summed E-state index contributed by atoms with van der Waals surface area (Å²) in [5, 5.41) is -1.33. The second-order valence-corrected chi connectivity index (χ2v) is 12.4. The van der Waals surface area contributed by atoms with Crippen LogP contribution in [0.1, 0.15) is 0 Å². The standard InChI is InChI=1S/C8H7F5PS3Si/c9-3-4(10)6(12)8(7(13)5(3)11)17-14(15)16-1-2-18/h1-2H2,18H3/q+1. The highest BCUT2D eigenvalue weighted by Crippen LogP contribution is 2.55. The summed E-state index contributed by atoms with van der Waals surface area (Å²) in [5.74, 6) is -8.87. The molecule has 100 valence electrons. The van der Waals surface area contributed by atoms with Crippen LogP contribution in [0.25, 0.3) is 0 Å². The maximum atomic E-state index is 13.3. The van der Waals surface area contributed by atoms with Crippen LogP contribution in [-0.4, -0.2) is 16.0 Å². The van der Waals surface area contributed by atoms with Gasteiger partial charge in [0.25, 0.3) is 0 Å². The van der Waals surface area contributed by atoms with Crippen molar-refractivity contribution in [1.29, 1.82) is 0 Å². The summed E-state index contributed by atoms with van der Waals surface area (Å²) in [6.07, 6.45) is 0. The zero-order valence-electron chi connectivity index (χ0n) is 8.98. The molecule has 0 aliphatic heterocycles. The van der Waals surface area contributed by atoms with Crippen molar-refractivity contribution in [1.82, 2.24) is 0 Å². The van der Waals surface area contributed by atoms with Gasteiger partial charge in [-0.25, -0.2) is 22.0 Å². The second kappa shape index (κ2) is 7.19. The van der Waals surface area contributed by atoms with E-state index in [-0.39, 0.29) is 0 Å². The summed E-state index contributed by atoms with van der Waals surface area (Å²) in [7, 11) is 0.976. The normalized spacial score (nSPS) is 11.9. The summed E-state index contributed by atoms with van der Waals surface area (Å²) in [6, 6.07) is 0.956. The quantitative estimate of drug-likeness (QED) is 0.260. The van der Waals surface area contributed by atoms with Crippen LogP contribution >= 0.6 is 27.9 Å². The van der Waals surface area contributed by atoms with Gasteiger partial charge in [-0.1, -0.05) is 6.04 Å². The maximum absolute atomic E-state index is 13.3. The van der Waals surface area contributed by atoms with E-state index >= 15 is 0 Å². The molecule has 0 aromatic heterocycles. The zero-order valence-corrected chi connectivity index (χ0v) is 14.3. The van der Waals surface area contributed by atoms with Crippen LogP contribution in [0.3, 0.4) is 0 Å². The molecule has 0 spiro atoms. The Balaban J connectivity index is 3.06. The van der Waals surface area contributed by atoms with Crippen LogP contribution in [-0.2, 0) is 11.8 Å². The van der Waals surface area contributed by atoms with Gasteiger partial charge in [-0.3, -0.25) is 0 Å². The van der Waals surface area contributed by atoms with Gasteiger partial charge in [0.2, 0.25) is 5.82 Å². The lowest BCUT2D eigenvalue weighted by molar-refractivity contribution is 0.361. The molecule has 18 heavy (non-hydrogen) atoms. The number of rotatable bonds is 5. The highest BCUT2D eigenvalue weighted by atomic mass is 33.2. The summed E-state index contributed by atoms with van der Waals surface area (Å²) < 4.78 is 65.2. The molecule has 1 aromatic carbocycles. The third kappa shape index (κ3) is 3.66. The van der Waals surface area contributed by atoms with Gasteiger partial charge < -0.3 is 0 Å². The molecule has 0 nitrogen and oxygen atoms in total. The molecule has 1 rings (SSSR count). The van der Waals surface area contributed by atoms with Crippen LogP contribution in [0.5, 0.6) is 0 Å². The number of hydrogen-bond donors (Lipinski definition) is 0. The first kappa shape index (κ1) is 16.4. The first-order chi connectivity index (χ1) is 8.40. The van der Waals surface area contributed by atoms with Crippen molar-refractivity contribution in [3.8, 4) is 0 Å². The maximum Gasteiger partial charge on any atom is 0.322 e. The lowest BCUT2D eigenvalue weighted by atomic mass is 10.3. The first-order valence-corrected chi connectivity index (χ1v) is 11.5. The fourth-order valence-corrected chi connectivity index (χ4v) is 8.69. The van der Waals surface area contributed by atoms with Gasteiger partial charge in [-0.15, -0.1) is 0 Å². The van der Waals surface area contributed by atoms with E-state index in [0.717, 1.165) is 22.0 Å². The van der Waals surface area contributed by atoms with E-state index in [0.29, 0.717) is 11.4 Å². The van der Waals surface area contributed by atoms with Crippen molar-refractivity contribution >= 4 is 49.9 Å². The van der Waals surface area contributed by atoms with Gasteiger partial charge in [0.1, 0.15) is 27.7 Å². The minimum absolute atomic E-state index is 0.535. The fraction of sp³-hybridized carbons (Fsp3) is 0.250. The van der Waals surface area contributed by atoms with Crippen molar-refractivity contribution in [2.75, 3.05) is 5.75 Å². The third-order valence-electron chi connectivity index (χ3n) is 1.74. The van der Waals surface area contributed by atoms with Gasteiger partial charge >= 0.3 is 5.10 Å². The Bertz CT molecular complexity index is 455. The number of benzene rings is 1. The highest BCUT2D eigenvalue weighted by Gasteiger charge is 2.31. The molecule has 0 saturated carbocycles. The lowest BCUT2D eigenvalue weighted by Gasteiger charge is -2.02. The molecule has 0 radical (unpaired) electrons. The van der Waals surface area contributed by atoms with E-state index in [1.807, 2.05) is 0 Å². The number of halogens is 5. The van der Waals surface area contributed by atoms with Gasteiger partial charge in [0.15, 0.2) is 35.1 Å². The van der Waals surface area contributed by atoms with Gasteiger partial charge in [-0.2, -0.15) is 0 Å². The van der Waals surface area contributed by atoms with Gasteiger partial charge in [0, 0.05) is 16.0 Å². The van der Waals surface area contributed by atoms with E-state index in [4.69, 9.17) is 11.8 Å². The predicted octanol–water partition coefficient (Wildman–Crippen LogP) is 3.76. The highest BCUT2D eigenvalue weighted by molar-refractivity contribution is 8.94. The zero-order chi connectivity index (χ0) is 13.9. The van der Waals surface area contributed by atoms with Gasteiger partial charge in [0.05, 0.1) is 0 Å². The van der Waals surface area contributed by atoms with E-state index in [9.17, 15) is 22.0 Å². The summed E-state index contributed by atoms with van der Waals surface area (Å²) in [6.45, 7) is 0. The Morgan fingerprint density at radius 1 is 0.944 bits per heavy atom. The Morgan fingerprint density at radius 2 is 1.39 bits per heavy atom. The predicted molar refractivity (Wildman–Crippen MR) is 73.6 cm³/mol. The molecule has 1 atom stereocenters. The average molecular weight is 353 g/mol. The van der Waals surface area contributed by atoms with E-state index in [1.54, 1.807) is 0 Å². The molecular formula is C8H7F5PS3Si+. The van der Waals surface area contributed by atoms with Crippen molar-refractivity contribution in [2.45, 2.75) is 10.9 Å². The second-order valence-electron chi connectivity index (χ2n) is 3.05.